The van der Waals surface area contributed by atoms with Crippen molar-refractivity contribution in [2.45, 2.75) is 6.54 Å². The van der Waals surface area contributed by atoms with Crippen molar-refractivity contribution in [3.63, 3.8) is 0 Å². The summed E-state index contributed by atoms with van der Waals surface area (Å²) in [5, 5.41) is 4.40. The molecule has 2 heterocycles. The van der Waals surface area contributed by atoms with E-state index in [-0.39, 0.29) is 25.3 Å². The van der Waals surface area contributed by atoms with Gasteiger partial charge in [-0.25, -0.2) is 9.18 Å². The molecule has 1 amide bonds. The minimum Gasteiger partial charge on any atom is -0.378 e. The van der Waals surface area contributed by atoms with Gasteiger partial charge in [-0.15, -0.1) is 0 Å². The number of halogens is 2. The molecule has 0 unspecified atom stereocenters. The van der Waals surface area contributed by atoms with Crippen LogP contribution in [0.1, 0.15) is 16.1 Å². The third kappa shape index (κ3) is 4.28. The second-order valence-corrected chi connectivity index (χ2v) is 7.36. The monoisotopic (exact) mass is 444 g/mol. The number of hydrogen-bond acceptors (Lipinski definition) is 5. The lowest BCUT2D eigenvalue weighted by Crippen LogP contribution is -2.49. The van der Waals surface area contributed by atoms with Gasteiger partial charge in [0.1, 0.15) is 11.5 Å². The quantitative estimate of drug-likeness (QED) is 0.611. The molecule has 1 aliphatic rings. The van der Waals surface area contributed by atoms with Gasteiger partial charge in [0.25, 0.3) is 11.5 Å². The Hall–Kier alpha value is -3.30. The number of amides is 1. The van der Waals surface area contributed by atoms with E-state index < -0.39 is 28.7 Å². The molecular weight excluding hydrogens is 427 g/mol. The summed E-state index contributed by atoms with van der Waals surface area (Å²) in [6.07, 6.45) is 0. The van der Waals surface area contributed by atoms with Crippen molar-refractivity contribution in [3.05, 3.63) is 91.5 Å². The molecule has 10 heteroatoms. The smallest absolute Gasteiger partial charge is 0.352 e. The SMILES string of the molecule is O=C(c1nn(-c2ccccc2F)c(=O)n(Cc2cccc(Cl)c2)c1=O)N1CCOCC1. The minimum atomic E-state index is -0.867. The summed E-state index contributed by atoms with van der Waals surface area (Å²) >= 11 is 6.02. The Kier molecular flexibility index (Phi) is 5.97. The summed E-state index contributed by atoms with van der Waals surface area (Å²) in [6, 6.07) is 12.1. The number of morpholine rings is 1. The number of benzene rings is 2. The normalized spacial score (nSPS) is 13.9. The molecule has 1 aromatic heterocycles. The molecule has 160 valence electrons. The summed E-state index contributed by atoms with van der Waals surface area (Å²) in [4.78, 5) is 40.7. The van der Waals surface area contributed by atoms with Crippen LogP contribution in [0.25, 0.3) is 5.69 Å². The maximum atomic E-state index is 14.4. The van der Waals surface area contributed by atoms with Gasteiger partial charge >= 0.3 is 5.69 Å². The van der Waals surface area contributed by atoms with Crippen molar-refractivity contribution in [3.8, 4) is 5.69 Å². The lowest BCUT2D eigenvalue weighted by molar-refractivity contribution is 0.0295. The molecule has 0 N–H and O–H groups in total. The van der Waals surface area contributed by atoms with Crippen LogP contribution < -0.4 is 11.2 Å². The Bertz CT molecular complexity index is 1250. The van der Waals surface area contributed by atoms with Crippen molar-refractivity contribution >= 4 is 17.5 Å². The van der Waals surface area contributed by atoms with Gasteiger partial charge in [0, 0.05) is 18.1 Å². The summed E-state index contributed by atoms with van der Waals surface area (Å²) in [5.41, 5.74) is -1.78. The van der Waals surface area contributed by atoms with Crippen LogP contribution in [0.2, 0.25) is 5.02 Å². The maximum absolute atomic E-state index is 14.4. The summed E-state index contributed by atoms with van der Waals surface area (Å²) in [7, 11) is 0. The molecule has 4 rings (SSSR count). The van der Waals surface area contributed by atoms with Gasteiger partial charge in [0.2, 0.25) is 5.69 Å². The zero-order valence-electron chi connectivity index (χ0n) is 16.3. The number of carbonyl (C=O) groups is 1. The van der Waals surface area contributed by atoms with Crippen LogP contribution >= 0.6 is 11.6 Å². The third-order valence-electron chi connectivity index (χ3n) is 4.87. The van der Waals surface area contributed by atoms with Gasteiger partial charge in [0.05, 0.1) is 19.8 Å². The number of carbonyl (C=O) groups excluding carboxylic acids is 1. The van der Waals surface area contributed by atoms with E-state index in [0.29, 0.717) is 23.8 Å². The Morgan fingerprint density at radius 1 is 1.10 bits per heavy atom. The topological polar surface area (TPSA) is 86.4 Å². The molecule has 31 heavy (non-hydrogen) atoms. The highest BCUT2D eigenvalue weighted by Crippen LogP contribution is 2.12. The van der Waals surface area contributed by atoms with Crippen LogP contribution in [-0.4, -0.2) is 51.5 Å². The van der Waals surface area contributed by atoms with Gasteiger partial charge < -0.3 is 9.64 Å². The summed E-state index contributed by atoms with van der Waals surface area (Å²) in [5.74, 6) is -1.35. The first-order valence-electron chi connectivity index (χ1n) is 9.56. The molecule has 1 aliphatic heterocycles. The fourth-order valence-electron chi connectivity index (χ4n) is 3.30. The van der Waals surface area contributed by atoms with Gasteiger partial charge in [-0.3, -0.25) is 14.2 Å². The summed E-state index contributed by atoms with van der Waals surface area (Å²) < 4.78 is 21.3. The lowest BCUT2D eigenvalue weighted by Gasteiger charge is -2.26. The Balaban J connectivity index is 1.89. The predicted octanol–water partition coefficient (Wildman–Crippen LogP) is 1.71. The van der Waals surface area contributed by atoms with Gasteiger partial charge in [-0.2, -0.15) is 9.78 Å². The van der Waals surface area contributed by atoms with Crippen molar-refractivity contribution in [2.75, 3.05) is 26.3 Å². The van der Waals surface area contributed by atoms with Crippen molar-refractivity contribution in [1.82, 2.24) is 19.2 Å². The molecule has 0 aliphatic carbocycles. The highest BCUT2D eigenvalue weighted by molar-refractivity contribution is 6.30. The Morgan fingerprint density at radius 3 is 2.55 bits per heavy atom. The Labute approximate surface area is 181 Å². The molecule has 1 saturated heterocycles. The molecular formula is C21H18ClFN4O4. The van der Waals surface area contributed by atoms with E-state index in [1.165, 1.54) is 29.2 Å². The largest absolute Gasteiger partial charge is 0.378 e. The fraction of sp³-hybridized carbons (Fsp3) is 0.238. The number of ether oxygens (including phenoxy) is 1. The molecule has 0 bridgehead atoms. The van der Waals surface area contributed by atoms with E-state index in [2.05, 4.69) is 5.10 Å². The number of aromatic nitrogens is 3. The van der Waals surface area contributed by atoms with E-state index in [9.17, 15) is 18.8 Å². The lowest BCUT2D eigenvalue weighted by atomic mass is 10.2. The second kappa shape index (κ2) is 8.83. The highest BCUT2D eigenvalue weighted by Gasteiger charge is 2.26. The third-order valence-corrected chi connectivity index (χ3v) is 5.11. The van der Waals surface area contributed by atoms with Crippen LogP contribution in [0.15, 0.2) is 58.1 Å². The van der Waals surface area contributed by atoms with Crippen LogP contribution in [-0.2, 0) is 11.3 Å². The van der Waals surface area contributed by atoms with Gasteiger partial charge in [-0.05, 0) is 29.8 Å². The van der Waals surface area contributed by atoms with E-state index in [4.69, 9.17) is 16.3 Å². The van der Waals surface area contributed by atoms with E-state index >= 15 is 0 Å². The van der Waals surface area contributed by atoms with Crippen LogP contribution in [0.5, 0.6) is 0 Å². The molecule has 0 saturated carbocycles. The molecule has 3 aromatic rings. The molecule has 2 aromatic carbocycles. The molecule has 0 radical (unpaired) electrons. The average Bonchev–Trinajstić information content (AvgIpc) is 2.78. The van der Waals surface area contributed by atoms with Gasteiger partial charge in [-0.1, -0.05) is 35.9 Å². The molecule has 1 fully saturated rings. The first-order valence-corrected chi connectivity index (χ1v) is 9.94. The first kappa shape index (κ1) is 21.0. The molecule has 8 nitrogen and oxygen atoms in total. The standard InChI is InChI=1S/C21H18ClFN4O4/c22-15-5-3-4-14(12-15)13-26-20(29)18(19(28)25-8-10-31-11-9-25)24-27(21(26)30)17-7-2-1-6-16(17)23/h1-7,12H,8-11,13H2. The highest BCUT2D eigenvalue weighted by atomic mass is 35.5. The van der Waals surface area contributed by atoms with Crippen molar-refractivity contribution in [1.29, 1.82) is 0 Å². The predicted molar refractivity (Wildman–Crippen MR) is 111 cm³/mol. The number of rotatable bonds is 4. The first-order chi connectivity index (χ1) is 15.0. The Morgan fingerprint density at radius 2 is 1.84 bits per heavy atom. The van der Waals surface area contributed by atoms with E-state index in [0.717, 1.165) is 9.25 Å². The number of nitrogens with zero attached hydrogens (tertiary/aromatic N) is 4. The second-order valence-electron chi connectivity index (χ2n) is 6.92. The number of hydrogen-bond donors (Lipinski definition) is 0. The van der Waals surface area contributed by atoms with Crippen molar-refractivity contribution in [2.24, 2.45) is 0 Å². The fourth-order valence-corrected chi connectivity index (χ4v) is 3.52. The minimum absolute atomic E-state index is 0.154. The zero-order chi connectivity index (χ0) is 22.0. The zero-order valence-corrected chi connectivity index (χ0v) is 17.1. The van der Waals surface area contributed by atoms with Crippen LogP contribution in [0, 0.1) is 5.82 Å². The molecule has 0 spiro atoms. The maximum Gasteiger partial charge on any atom is 0.352 e. The van der Waals surface area contributed by atoms with E-state index in [1.807, 2.05) is 0 Å². The van der Waals surface area contributed by atoms with Crippen LogP contribution in [0.4, 0.5) is 4.39 Å². The summed E-state index contributed by atoms with van der Waals surface area (Å²) in [6.45, 7) is 1.07. The number of para-hydroxylation sites is 1. The van der Waals surface area contributed by atoms with Crippen LogP contribution in [0.3, 0.4) is 0 Å². The van der Waals surface area contributed by atoms with Crippen molar-refractivity contribution < 1.29 is 13.9 Å². The molecule has 0 atom stereocenters. The van der Waals surface area contributed by atoms with E-state index in [1.54, 1.807) is 24.3 Å². The average molecular weight is 445 g/mol. The van der Waals surface area contributed by atoms with Gasteiger partial charge in [0.15, 0.2) is 0 Å².